The summed E-state index contributed by atoms with van der Waals surface area (Å²) in [6.45, 7) is 6.27. The first-order chi connectivity index (χ1) is 12.3. The molecule has 1 saturated heterocycles. The minimum absolute atomic E-state index is 0.767. The third-order valence-corrected chi connectivity index (χ3v) is 4.34. The first kappa shape index (κ1) is 15.6. The highest BCUT2D eigenvalue weighted by Gasteiger charge is 2.22. The van der Waals surface area contributed by atoms with Crippen molar-refractivity contribution < 1.29 is 0 Å². The molecule has 1 aliphatic heterocycles. The summed E-state index contributed by atoms with van der Waals surface area (Å²) in [6.07, 6.45) is 5.18. The van der Waals surface area contributed by atoms with E-state index in [9.17, 15) is 0 Å². The Balaban J connectivity index is 1.50. The molecule has 1 N–H and O–H groups in total. The van der Waals surface area contributed by atoms with Crippen LogP contribution in [0, 0.1) is 0 Å². The summed E-state index contributed by atoms with van der Waals surface area (Å²) in [4.78, 5) is 26.7. The fraction of sp³-hybridized carbons (Fsp3) is 0.438. The number of nitrogens with one attached hydrogen (secondary N) is 1. The average Bonchev–Trinajstić information content (AvgIpc) is 3.04. The van der Waals surface area contributed by atoms with Gasteiger partial charge in [-0.1, -0.05) is 0 Å². The number of fused-ring (bicyclic) bond motifs is 1. The fourth-order valence-corrected chi connectivity index (χ4v) is 3.06. The second-order valence-corrected chi connectivity index (χ2v) is 5.97. The SMILES string of the molecule is CCNc1ccnc(N2CCN(c3ncnc4c3ncn4C)CC2)n1. The largest absolute Gasteiger partial charge is 0.370 e. The van der Waals surface area contributed by atoms with E-state index in [1.165, 1.54) is 0 Å². The number of piperazine rings is 1. The van der Waals surface area contributed by atoms with Crippen molar-refractivity contribution in [2.45, 2.75) is 6.92 Å². The number of hydrogen-bond acceptors (Lipinski definition) is 8. The zero-order chi connectivity index (χ0) is 17.2. The lowest BCUT2D eigenvalue weighted by Gasteiger charge is -2.35. The van der Waals surface area contributed by atoms with Gasteiger partial charge in [0.15, 0.2) is 17.0 Å². The van der Waals surface area contributed by atoms with Gasteiger partial charge >= 0.3 is 0 Å². The zero-order valence-electron chi connectivity index (χ0n) is 14.4. The summed E-state index contributed by atoms with van der Waals surface area (Å²) < 4.78 is 1.91. The van der Waals surface area contributed by atoms with Gasteiger partial charge in [0, 0.05) is 46.0 Å². The molecule has 1 aliphatic rings. The van der Waals surface area contributed by atoms with Crippen molar-refractivity contribution in [2.75, 3.05) is 47.8 Å². The molecule has 0 aliphatic carbocycles. The Bertz CT molecular complexity index is 867. The van der Waals surface area contributed by atoms with Crippen LogP contribution in [0.2, 0.25) is 0 Å². The van der Waals surface area contributed by atoms with Crippen LogP contribution in [0.3, 0.4) is 0 Å². The van der Waals surface area contributed by atoms with E-state index < -0.39 is 0 Å². The maximum atomic E-state index is 4.58. The van der Waals surface area contributed by atoms with Crippen molar-refractivity contribution in [2.24, 2.45) is 7.05 Å². The van der Waals surface area contributed by atoms with E-state index in [-0.39, 0.29) is 0 Å². The van der Waals surface area contributed by atoms with Gasteiger partial charge in [0.2, 0.25) is 5.95 Å². The second-order valence-electron chi connectivity index (χ2n) is 5.97. The van der Waals surface area contributed by atoms with Crippen LogP contribution >= 0.6 is 0 Å². The van der Waals surface area contributed by atoms with Crippen LogP contribution in [0.15, 0.2) is 24.9 Å². The smallest absolute Gasteiger partial charge is 0.227 e. The van der Waals surface area contributed by atoms with Crippen LogP contribution in [0.25, 0.3) is 11.2 Å². The predicted molar refractivity (Wildman–Crippen MR) is 96.9 cm³/mol. The maximum Gasteiger partial charge on any atom is 0.227 e. The van der Waals surface area contributed by atoms with Crippen molar-refractivity contribution in [1.29, 1.82) is 0 Å². The molecule has 9 heteroatoms. The predicted octanol–water partition coefficient (Wildman–Crippen LogP) is 0.912. The highest BCUT2D eigenvalue weighted by Crippen LogP contribution is 2.23. The van der Waals surface area contributed by atoms with E-state index in [4.69, 9.17) is 0 Å². The van der Waals surface area contributed by atoms with Gasteiger partial charge in [0.1, 0.15) is 12.1 Å². The molecular formula is C16H21N9. The molecule has 25 heavy (non-hydrogen) atoms. The number of aromatic nitrogens is 6. The standard InChI is InChI=1S/C16H21N9/c1-3-17-12-4-5-18-16(22-12)25-8-6-24(7-9-25)15-13-14(19-10-20-15)23(2)11-21-13/h4-5,10-11H,3,6-9H2,1-2H3,(H,17,18,22). The Morgan fingerprint density at radius 1 is 1.04 bits per heavy atom. The molecule has 0 atom stereocenters. The number of anilines is 3. The van der Waals surface area contributed by atoms with Crippen molar-refractivity contribution >= 4 is 28.7 Å². The summed E-state index contributed by atoms with van der Waals surface area (Å²) in [7, 11) is 1.94. The van der Waals surface area contributed by atoms with E-state index in [2.05, 4.69) is 47.0 Å². The molecule has 0 radical (unpaired) electrons. The van der Waals surface area contributed by atoms with E-state index in [1.54, 1.807) is 18.9 Å². The van der Waals surface area contributed by atoms with Gasteiger partial charge < -0.3 is 19.7 Å². The Morgan fingerprint density at radius 2 is 1.84 bits per heavy atom. The molecule has 0 amide bonds. The number of nitrogens with zero attached hydrogens (tertiary/aromatic N) is 8. The lowest BCUT2D eigenvalue weighted by Crippen LogP contribution is -2.47. The van der Waals surface area contributed by atoms with Crippen LogP contribution < -0.4 is 15.1 Å². The third-order valence-electron chi connectivity index (χ3n) is 4.34. The van der Waals surface area contributed by atoms with Crippen LogP contribution in [-0.4, -0.2) is 62.2 Å². The molecular weight excluding hydrogens is 318 g/mol. The minimum atomic E-state index is 0.767. The third kappa shape index (κ3) is 2.92. The van der Waals surface area contributed by atoms with Gasteiger partial charge in [0.05, 0.1) is 6.33 Å². The topological polar surface area (TPSA) is 87.9 Å². The Hall–Kier alpha value is -2.97. The van der Waals surface area contributed by atoms with Gasteiger partial charge in [0.25, 0.3) is 0 Å². The fourth-order valence-electron chi connectivity index (χ4n) is 3.06. The molecule has 0 unspecified atom stereocenters. The summed E-state index contributed by atoms with van der Waals surface area (Å²) >= 11 is 0. The van der Waals surface area contributed by atoms with Gasteiger partial charge in [-0.25, -0.2) is 19.9 Å². The van der Waals surface area contributed by atoms with Crippen molar-refractivity contribution in [3.63, 3.8) is 0 Å². The van der Waals surface area contributed by atoms with E-state index >= 15 is 0 Å². The Labute approximate surface area is 145 Å². The number of aryl methyl sites for hydroxylation is 1. The zero-order valence-corrected chi connectivity index (χ0v) is 14.4. The van der Waals surface area contributed by atoms with Gasteiger partial charge in [-0.05, 0) is 13.0 Å². The molecule has 3 aromatic heterocycles. The van der Waals surface area contributed by atoms with E-state index in [1.807, 2.05) is 17.7 Å². The highest BCUT2D eigenvalue weighted by molar-refractivity contribution is 5.83. The molecule has 4 rings (SSSR count). The maximum absolute atomic E-state index is 4.58. The summed E-state index contributed by atoms with van der Waals surface area (Å²) in [5.41, 5.74) is 1.71. The lowest BCUT2D eigenvalue weighted by atomic mass is 10.3. The van der Waals surface area contributed by atoms with Crippen molar-refractivity contribution in [1.82, 2.24) is 29.5 Å². The molecule has 0 aromatic carbocycles. The molecule has 130 valence electrons. The Kier molecular flexibility index (Phi) is 4.04. The van der Waals surface area contributed by atoms with E-state index in [0.717, 1.165) is 61.5 Å². The van der Waals surface area contributed by atoms with Crippen molar-refractivity contribution in [3.8, 4) is 0 Å². The average molecular weight is 339 g/mol. The molecule has 3 aromatic rings. The highest BCUT2D eigenvalue weighted by atomic mass is 15.3. The normalized spacial score (nSPS) is 15.0. The van der Waals surface area contributed by atoms with Crippen LogP contribution in [0.1, 0.15) is 6.92 Å². The molecule has 4 heterocycles. The quantitative estimate of drug-likeness (QED) is 0.750. The van der Waals surface area contributed by atoms with Gasteiger partial charge in [-0.2, -0.15) is 4.98 Å². The monoisotopic (exact) mass is 339 g/mol. The number of rotatable bonds is 4. The summed E-state index contributed by atoms with van der Waals surface area (Å²) in [6, 6.07) is 1.89. The molecule has 0 bridgehead atoms. The molecule has 0 spiro atoms. The molecule has 9 nitrogen and oxygen atoms in total. The van der Waals surface area contributed by atoms with Crippen LogP contribution in [-0.2, 0) is 7.05 Å². The minimum Gasteiger partial charge on any atom is -0.370 e. The first-order valence-corrected chi connectivity index (χ1v) is 8.45. The number of imidazole rings is 1. The van der Waals surface area contributed by atoms with Crippen LogP contribution in [0.5, 0.6) is 0 Å². The summed E-state index contributed by atoms with van der Waals surface area (Å²) in [5, 5.41) is 3.23. The summed E-state index contributed by atoms with van der Waals surface area (Å²) in [5.74, 6) is 2.53. The lowest BCUT2D eigenvalue weighted by molar-refractivity contribution is 0.635. The molecule has 1 fully saturated rings. The number of hydrogen-bond donors (Lipinski definition) is 1. The molecule has 0 saturated carbocycles. The first-order valence-electron chi connectivity index (χ1n) is 8.45. The van der Waals surface area contributed by atoms with Gasteiger partial charge in [-0.15, -0.1) is 0 Å². The second kappa shape index (κ2) is 6.50. The van der Waals surface area contributed by atoms with Gasteiger partial charge in [-0.3, -0.25) is 0 Å². The van der Waals surface area contributed by atoms with E-state index in [0.29, 0.717) is 0 Å². The van der Waals surface area contributed by atoms with Crippen LogP contribution in [0.4, 0.5) is 17.6 Å². The Morgan fingerprint density at radius 3 is 2.64 bits per heavy atom. The van der Waals surface area contributed by atoms with Crippen molar-refractivity contribution in [3.05, 3.63) is 24.9 Å².